The molecule has 0 bridgehead atoms. The van der Waals surface area contributed by atoms with E-state index in [-0.39, 0.29) is 28.3 Å². The third-order valence-electron chi connectivity index (χ3n) is 4.59. The topological polar surface area (TPSA) is 84.9 Å². The third-order valence-corrected chi connectivity index (χ3v) is 4.90. The number of hydrogen-bond donors (Lipinski definition) is 2. The number of carbonyl (C=O) groups excluding carboxylic acids is 1. The number of ether oxygens (including phenoxy) is 2. The molecule has 2 unspecified atom stereocenters. The normalized spacial score (nSPS) is 20.3. The van der Waals surface area contributed by atoms with Crippen LogP contribution in [0.2, 0.25) is 5.02 Å². The summed E-state index contributed by atoms with van der Waals surface area (Å²) in [7, 11) is 0. The van der Waals surface area contributed by atoms with E-state index in [4.69, 9.17) is 26.2 Å². The summed E-state index contributed by atoms with van der Waals surface area (Å²) in [5.74, 6) is 0.249. The second-order valence-corrected chi connectivity index (χ2v) is 6.75. The summed E-state index contributed by atoms with van der Waals surface area (Å²) in [6.07, 6.45) is 0.756. The molecule has 2 atom stereocenters. The average molecular weight is 374 g/mol. The van der Waals surface area contributed by atoms with Crippen molar-refractivity contribution in [3.05, 3.63) is 52.5 Å². The van der Waals surface area contributed by atoms with Crippen LogP contribution in [0, 0.1) is 5.92 Å². The Morgan fingerprint density at radius 2 is 1.85 bits per heavy atom. The summed E-state index contributed by atoms with van der Waals surface area (Å²) in [5, 5.41) is 11.9. The Morgan fingerprint density at radius 3 is 2.58 bits per heavy atom. The van der Waals surface area contributed by atoms with Crippen molar-refractivity contribution in [3.8, 4) is 11.5 Å². The van der Waals surface area contributed by atoms with Crippen molar-refractivity contribution in [1.29, 1.82) is 0 Å². The summed E-state index contributed by atoms with van der Waals surface area (Å²) in [6.45, 7) is 1.07. The summed E-state index contributed by atoms with van der Waals surface area (Å²) in [5.41, 5.74) is 1.54. The minimum atomic E-state index is -1.10. The lowest BCUT2D eigenvalue weighted by molar-refractivity contribution is -0.117. The molecule has 0 radical (unpaired) electrons. The number of fused-ring (bicyclic) bond motifs is 1. The van der Waals surface area contributed by atoms with Gasteiger partial charge in [0.1, 0.15) is 13.2 Å². The Kier molecular flexibility index (Phi) is 4.20. The van der Waals surface area contributed by atoms with Crippen molar-refractivity contribution in [3.63, 3.8) is 0 Å². The number of amides is 1. The SMILES string of the molecule is O=C(O)c1ccc(NC(=O)C2CC2c2ccc3c(c2)OCCO3)cc1Cl. The Balaban J connectivity index is 1.43. The van der Waals surface area contributed by atoms with Crippen molar-refractivity contribution in [1.82, 2.24) is 0 Å². The molecular formula is C19H16ClNO5. The van der Waals surface area contributed by atoms with Gasteiger partial charge in [-0.25, -0.2) is 4.79 Å². The monoisotopic (exact) mass is 373 g/mol. The van der Waals surface area contributed by atoms with Crippen molar-refractivity contribution in [2.45, 2.75) is 12.3 Å². The molecule has 1 fully saturated rings. The Morgan fingerprint density at radius 1 is 1.08 bits per heavy atom. The van der Waals surface area contributed by atoms with Crippen LogP contribution in [0.4, 0.5) is 5.69 Å². The van der Waals surface area contributed by atoms with Gasteiger partial charge in [-0.3, -0.25) is 4.79 Å². The minimum Gasteiger partial charge on any atom is -0.486 e. The first-order valence-corrected chi connectivity index (χ1v) is 8.64. The van der Waals surface area contributed by atoms with Gasteiger partial charge in [0.05, 0.1) is 10.6 Å². The van der Waals surface area contributed by atoms with Gasteiger partial charge in [0.15, 0.2) is 11.5 Å². The zero-order valence-corrected chi connectivity index (χ0v) is 14.5. The molecule has 1 heterocycles. The number of nitrogens with one attached hydrogen (secondary N) is 1. The molecule has 2 aromatic rings. The maximum Gasteiger partial charge on any atom is 0.337 e. The molecule has 2 aromatic carbocycles. The van der Waals surface area contributed by atoms with E-state index in [2.05, 4.69) is 5.32 Å². The standard InChI is InChI=1S/C19H16ClNO5/c20-15-8-11(2-3-12(15)19(23)24)21-18(22)14-9-13(14)10-1-4-16-17(7-10)26-6-5-25-16/h1-4,7-8,13-14H,5-6,9H2,(H,21,22)(H,23,24). The van der Waals surface area contributed by atoms with Crippen LogP contribution in [0.5, 0.6) is 11.5 Å². The highest BCUT2D eigenvalue weighted by molar-refractivity contribution is 6.33. The molecule has 4 rings (SSSR count). The molecule has 0 aromatic heterocycles. The second kappa shape index (κ2) is 6.53. The molecule has 1 saturated carbocycles. The maximum absolute atomic E-state index is 12.5. The number of carboxylic acids is 1. The zero-order chi connectivity index (χ0) is 18.3. The van der Waals surface area contributed by atoms with Gasteiger partial charge in [-0.15, -0.1) is 0 Å². The largest absolute Gasteiger partial charge is 0.486 e. The van der Waals surface area contributed by atoms with Crippen LogP contribution in [0.15, 0.2) is 36.4 Å². The molecule has 6 nitrogen and oxygen atoms in total. The van der Waals surface area contributed by atoms with Crippen molar-refractivity contribution < 1.29 is 24.2 Å². The molecule has 0 saturated heterocycles. The van der Waals surface area contributed by atoms with Crippen LogP contribution in [-0.4, -0.2) is 30.2 Å². The minimum absolute atomic E-state index is 0.00485. The van der Waals surface area contributed by atoms with Gasteiger partial charge >= 0.3 is 5.97 Å². The van der Waals surface area contributed by atoms with Gasteiger partial charge in [0.2, 0.25) is 5.91 Å². The average Bonchev–Trinajstić information content (AvgIpc) is 3.42. The summed E-state index contributed by atoms with van der Waals surface area (Å²) in [6, 6.07) is 10.1. The lowest BCUT2D eigenvalue weighted by Crippen LogP contribution is -2.16. The summed E-state index contributed by atoms with van der Waals surface area (Å²) >= 11 is 5.94. The van der Waals surface area contributed by atoms with Crippen LogP contribution >= 0.6 is 11.6 Å². The van der Waals surface area contributed by atoms with E-state index < -0.39 is 5.97 Å². The number of carbonyl (C=O) groups is 2. The number of hydrogen-bond acceptors (Lipinski definition) is 4. The fourth-order valence-corrected chi connectivity index (χ4v) is 3.41. The van der Waals surface area contributed by atoms with E-state index in [1.165, 1.54) is 18.2 Å². The fourth-order valence-electron chi connectivity index (χ4n) is 3.15. The predicted octanol–water partition coefficient (Wildman–Crippen LogP) is 3.55. The highest BCUT2D eigenvalue weighted by Gasteiger charge is 2.44. The van der Waals surface area contributed by atoms with Crippen LogP contribution < -0.4 is 14.8 Å². The molecule has 1 aliphatic carbocycles. The molecule has 26 heavy (non-hydrogen) atoms. The number of rotatable bonds is 4. The van der Waals surface area contributed by atoms with Gasteiger partial charge in [0, 0.05) is 11.6 Å². The Labute approximate surface area is 154 Å². The Bertz CT molecular complexity index is 897. The molecule has 0 spiro atoms. The molecule has 2 N–H and O–H groups in total. The first kappa shape index (κ1) is 16.7. The van der Waals surface area contributed by atoms with Gasteiger partial charge in [-0.2, -0.15) is 0 Å². The van der Waals surface area contributed by atoms with E-state index >= 15 is 0 Å². The fraction of sp³-hybridized carbons (Fsp3) is 0.263. The van der Waals surface area contributed by atoms with Crippen LogP contribution in [-0.2, 0) is 4.79 Å². The van der Waals surface area contributed by atoms with Crippen LogP contribution in [0.3, 0.4) is 0 Å². The van der Waals surface area contributed by atoms with E-state index in [0.717, 1.165) is 23.5 Å². The number of aromatic carboxylic acids is 1. The molecular weight excluding hydrogens is 358 g/mol. The summed E-state index contributed by atoms with van der Waals surface area (Å²) < 4.78 is 11.1. The van der Waals surface area contributed by atoms with E-state index in [0.29, 0.717) is 18.9 Å². The molecule has 2 aliphatic rings. The quantitative estimate of drug-likeness (QED) is 0.856. The number of benzene rings is 2. The smallest absolute Gasteiger partial charge is 0.337 e. The van der Waals surface area contributed by atoms with E-state index in [1.807, 2.05) is 18.2 Å². The summed E-state index contributed by atoms with van der Waals surface area (Å²) in [4.78, 5) is 23.4. The molecule has 1 amide bonds. The number of anilines is 1. The number of halogens is 1. The molecule has 1 aliphatic heterocycles. The third kappa shape index (κ3) is 3.20. The lowest BCUT2D eigenvalue weighted by atomic mass is 10.1. The van der Waals surface area contributed by atoms with Crippen LogP contribution in [0.25, 0.3) is 0 Å². The highest BCUT2D eigenvalue weighted by Crippen LogP contribution is 2.49. The van der Waals surface area contributed by atoms with Crippen LogP contribution in [0.1, 0.15) is 28.3 Å². The van der Waals surface area contributed by atoms with Gasteiger partial charge < -0.3 is 19.9 Å². The van der Waals surface area contributed by atoms with E-state index in [9.17, 15) is 9.59 Å². The van der Waals surface area contributed by atoms with Gasteiger partial charge in [-0.1, -0.05) is 17.7 Å². The maximum atomic E-state index is 12.5. The lowest BCUT2D eigenvalue weighted by Gasteiger charge is -2.18. The predicted molar refractivity (Wildman–Crippen MR) is 95.3 cm³/mol. The van der Waals surface area contributed by atoms with Crippen molar-refractivity contribution >= 4 is 29.2 Å². The van der Waals surface area contributed by atoms with Crippen molar-refractivity contribution in [2.75, 3.05) is 18.5 Å². The molecule has 7 heteroatoms. The van der Waals surface area contributed by atoms with E-state index in [1.54, 1.807) is 0 Å². The number of carboxylic acid groups (broad SMARTS) is 1. The molecule has 134 valence electrons. The Hall–Kier alpha value is -2.73. The first-order chi connectivity index (χ1) is 12.5. The van der Waals surface area contributed by atoms with Gasteiger partial charge in [0.25, 0.3) is 0 Å². The van der Waals surface area contributed by atoms with Crippen molar-refractivity contribution in [2.24, 2.45) is 5.92 Å². The zero-order valence-electron chi connectivity index (χ0n) is 13.7. The second-order valence-electron chi connectivity index (χ2n) is 6.34. The van der Waals surface area contributed by atoms with Gasteiger partial charge in [-0.05, 0) is 48.2 Å². The highest BCUT2D eigenvalue weighted by atomic mass is 35.5. The first-order valence-electron chi connectivity index (χ1n) is 8.26.